The van der Waals surface area contributed by atoms with Crippen molar-refractivity contribution >= 4 is 40.7 Å². The monoisotopic (exact) mass is 349 g/mol. The summed E-state index contributed by atoms with van der Waals surface area (Å²) < 4.78 is 5.30. The zero-order valence-electron chi connectivity index (χ0n) is 10.7. The number of tetrazole rings is 1. The van der Waals surface area contributed by atoms with Gasteiger partial charge in [-0.3, -0.25) is 4.79 Å². The standard InChI is InChI=1S/C11H10Cl3N5O2/c1-5(11-16-18-19-17-11)15-10(20)4-21-9-3-7(13)6(12)2-8(9)14/h2-3,5H,4H2,1H3,(H,15,20)(H,16,17,18,19). The van der Waals surface area contributed by atoms with Gasteiger partial charge in [0.05, 0.1) is 21.1 Å². The van der Waals surface area contributed by atoms with E-state index in [4.69, 9.17) is 39.5 Å². The van der Waals surface area contributed by atoms with Crippen LogP contribution in [0.1, 0.15) is 18.8 Å². The fraction of sp³-hybridized carbons (Fsp3) is 0.273. The van der Waals surface area contributed by atoms with E-state index in [0.717, 1.165) is 0 Å². The molecular formula is C11H10Cl3N5O2. The summed E-state index contributed by atoms with van der Waals surface area (Å²) in [6.45, 7) is 1.48. The number of aromatic amines is 1. The molecular weight excluding hydrogens is 341 g/mol. The Morgan fingerprint density at radius 1 is 1.33 bits per heavy atom. The van der Waals surface area contributed by atoms with Crippen molar-refractivity contribution in [3.05, 3.63) is 33.0 Å². The van der Waals surface area contributed by atoms with E-state index in [9.17, 15) is 4.79 Å². The SMILES string of the molecule is CC(NC(=O)COc1cc(Cl)c(Cl)cc1Cl)c1nn[nH]n1. The van der Waals surface area contributed by atoms with E-state index in [1.807, 2.05) is 0 Å². The van der Waals surface area contributed by atoms with E-state index in [0.29, 0.717) is 10.8 Å². The van der Waals surface area contributed by atoms with Crippen LogP contribution >= 0.6 is 34.8 Å². The number of nitrogens with zero attached hydrogens (tertiary/aromatic N) is 3. The lowest BCUT2D eigenvalue weighted by Crippen LogP contribution is -2.31. The van der Waals surface area contributed by atoms with Gasteiger partial charge in [0.1, 0.15) is 5.75 Å². The van der Waals surface area contributed by atoms with Crippen LogP contribution < -0.4 is 10.1 Å². The minimum Gasteiger partial charge on any atom is -0.482 e. The zero-order chi connectivity index (χ0) is 15.4. The number of benzene rings is 1. The van der Waals surface area contributed by atoms with Gasteiger partial charge in [0.25, 0.3) is 5.91 Å². The van der Waals surface area contributed by atoms with Gasteiger partial charge in [0.15, 0.2) is 12.4 Å². The third-order valence-electron chi connectivity index (χ3n) is 2.46. The van der Waals surface area contributed by atoms with Crippen molar-refractivity contribution in [3.8, 4) is 5.75 Å². The minimum atomic E-state index is -0.399. The quantitative estimate of drug-likeness (QED) is 0.808. The molecule has 1 heterocycles. The van der Waals surface area contributed by atoms with E-state index in [2.05, 4.69) is 25.9 Å². The van der Waals surface area contributed by atoms with Crippen molar-refractivity contribution in [1.82, 2.24) is 25.9 Å². The Morgan fingerprint density at radius 2 is 2.05 bits per heavy atom. The molecule has 0 radical (unpaired) electrons. The molecule has 2 aromatic rings. The van der Waals surface area contributed by atoms with Gasteiger partial charge in [0.2, 0.25) is 0 Å². The van der Waals surface area contributed by atoms with Crippen LogP contribution in [0.4, 0.5) is 0 Å². The number of carbonyl (C=O) groups is 1. The first-order valence-corrected chi connectivity index (χ1v) is 6.91. The fourth-order valence-corrected chi connectivity index (χ4v) is 2.05. The van der Waals surface area contributed by atoms with E-state index in [1.54, 1.807) is 6.92 Å². The smallest absolute Gasteiger partial charge is 0.258 e. The summed E-state index contributed by atoms with van der Waals surface area (Å²) >= 11 is 17.6. The van der Waals surface area contributed by atoms with Crippen molar-refractivity contribution < 1.29 is 9.53 Å². The number of nitrogens with one attached hydrogen (secondary N) is 2. The number of ether oxygens (including phenoxy) is 1. The molecule has 1 aromatic carbocycles. The van der Waals surface area contributed by atoms with Crippen molar-refractivity contribution in [1.29, 1.82) is 0 Å². The van der Waals surface area contributed by atoms with Crippen LogP contribution in [-0.2, 0) is 4.79 Å². The number of rotatable bonds is 5. The van der Waals surface area contributed by atoms with Crippen molar-refractivity contribution in [3.63, 3.8) is 0 Å². The molecule has 21 heavy (non-hydrogen) atoms. The molecule has 0 saturated heterocycles. The van der Waals surface area contributed by atoms with Gasteiger partial charge in [-0.15, -0.1) is 10.2 Å². The lowest BCUT2D eigenvalue weighted by Gasteiger charge is -2.12. The first-order valence-electron chi connectivity index (χ1n) is 5.77. The van der Waals surface area contributed by atoms with Crippen molar-refractivity contribution in [2.24, 2.45) is 0 Å². The minimum absolute atomic E-state index is 0.236. The average molecular weight is 351 g/mol. The second kappa shape index (κ2) is 6.93. The average Bonchev–Trinajstić information content (AvgIpc) is 2.95. The van der Waals surface area contributed by atoms with Gasteiger partial charge in [-0.05, 0) is 13.0 Å². The second-order valence-corrected chi connectivity index (χ2v) is 5.27. The number of H-pyrrole nitrogens is 1. The first kappa shape index (κ1) is 15.8. The Kier molecular flexibility index (Phi) is 5.22. The first-order chi connectivity index (χ1) is 9.97. The Bertz CT molecular complexity index is 635. The van der Waals surface area contributed by atoms with Crippen molar-refractivity contribution in [2.75, 3.05) is 6.61 Å². The molecule has 112 valence electrons. The van der Waals surface area contributed by atoms with Gasteiger partial charge >= 0.3 is 0 Å². The van der Waals surface area contributed by atoms with E-state index >= 15 is 0 Å². The third-order valence-corrected chi connectivity index (χ3v) is 3.48. The summed E-state index contributed by atoms with van der Waals surface area (Å²) in [6, 6.07) is 2.49. The predicted octanol–water partition coefficient (Wildman–Crippen LogP) is 2.42. The highest BCUT2D eigenvalue weighted by molar-refractivity contribution is 6.43. The normalized spacial score (nSPS) is 12.0. The molecule has 1 amide bonds. The molecule has 1 aromatic heterocycles. The Labute approximate surface area is 134 Å². The molecule has 0 aliphatic carbocycles. The molecule has 0 saturated carbocycles. The number of amides is 1. The van der Waals surface area contributed by atoms with E-state index in [1.165, 1.54) is 12.1 Å². The van der Waals surface area contributed by atoms with Gasteiger partial charge < -0.3 is 10.1 Å². The van der Waals surface area contributed by atoms with Gasteiger partial charge in [0, 0.05) is 6.07 Å². The van der Waals surface area contributed by atoms with E-state index in [-0.39, 0.29) is 28.3 Å². The lowest BCUT2D eigenvalue weighted by molar-refractivity contribution is -0.123. The van der Waals surface area contributed by atoms with Gasteiger partial charge in [-0.25, -0.2) is 0 Å². The third kappa shape index (κ3) is 4.20. The van der Waals surface area contributed by atoms with Crippen LogP contribution in [0.25, 0.3) is 0 Å². The lowest BCUT2D eigenvalue weighted by atomic mass is 10.3. The summed E-state index contributed by atoms with van der Waals surface area (Å²) in [6.07, 6.45) is 0. The van der Waals surface area contributed by atoms with Gasteiger partial charge in [-0.1, -0.05) is 40.0 Å². The molecule has 0 bridgehead atoms. The van der Waals surface area contributed by atoms with Crippen molar-refractivity contribution in [2.45, 2.75) is 13.0 Å². The molecule has 2 rings (SSSR count). The molecule has 0 fully saturated rings. The second-order valence-electron chi connectivity index (χ2n) is 4.04. The molecule has 7 nitrogen and oxygen atoms in total. The van der Waals surface area contributed by atoms with Crippen LogP contribution in [-0.4, -0.2) is 33.1 Å². The van der Waals surface area contributed by atoms with Crippen LogP contribution in [0.5, 0.6) is 5.75 Å². The molecule has 1 unspecified atom stereocenters. The Hall–Kier alpha value is -1.57. The zero-order valence-corrected chi connectivity index (χ0v) is 13.0. The van der Waals surface area contributed by atoms with Crippen LogP contribution in [0.3, 0.4) is 0 Å². The maximum absolute atomic E-state index is 11.8. The molecule has 1 atom stereocenters. The number of aromatic nitrogens is 4. The van der Waals surface area contributed by atoms with Crippen LogP contribution in [0.15, 0.2) is 12.1 Å². The maximum Gasteiger partial charge on any atom is 0.258 e. The summed E-state index contributed by atoms with van der Waals surface area (Å²) in [4.78, 5) is 11.8. The number of hydrogen-bond acceptors (Lipinski definition) is 5. The largest absolute Gasteiger partial charge is 0.482 e. The van der Waals surface area contributed by atoms with Crippen LogP contribution in [0, 0.1) is 0 Å². The highest BCUT2D eigenvalue weighted by atomic mass is 35.5. The number of halogens is 3. The number of carbonyl (C=O) groups excluding carboxylic acids is 1. The molecule has 10 heteroatoms. The topological polar surface area (TPSA) is 92.8 Å². The highest BCUT2D eigenvalue weighted by Gasteiger charge is 2.14. The summed E-state index contributed by atoms with van der Waals surface area (Å²) in [5.74, 6) is 0.277. The van der Waals surface area contributed by atoms with Crippen LogP contribution in [0.2, 0.25) is 15.1 Å². The molecule has 0 spiro atoms. The molecule has 0 aliphatic heterocycles. The summed E-state index contributed by atoms with van der Waals surface area (Å²) in [5.41, 5.74) is 0. The Balaban J connectivity index is 1.91. The number of hydrogen-bond donors (Lipinski definition) is 2. The maximum atomic E-state index is 11.8. The highest BCUT2D eigenvalue weighted by Crippen LogP contribution is 2.33. The summed E-state index contributed by atoms with van der Waals surface area (Å²) in [7, 11) is 0. The molecule has 2 N–H and O–H groups in total. The molecule has 0 aliphatic rings. The Morgan fingerprint density at radius 3 is 2.71 bits per heavy atom. The van der Waals surface area contributed by atoms with E-state index < -0.39 is 6.04 Å². The van der Waals surface area contributed by atoms with Gasteiger partial charge in [-0.2, -0.15) is 5.21 Å². The predicted molar refractivity (Wildman–Crippen MR) is 77.7 cm³/mol. The fourth-order valence-electron chi connectivity index (χ4n) is 1.46. The summed E-state index contributed by atoms with van der Waals surface area (Å²) in [5, 5.41) is 16.8.